The van der Waals surface area contributed by atoms with Gasteiger partial charge in [0, 0.05) is 23.8 Å². The summed E-state index contributed by atoms with van der Waals surface area (Å²) in [6.45, 7) is 11.0. The number of hydrogen-bond donors (Lipinski definition) is 0. The summed E-state index contributed by atoms with van der Waals surface area (Å²) < 4.78 is 11.3. The van der Waals surface area contributed by atoms with E-state index < -0.39 is 12.0 Å². The van der Waals surface area contributed by atoms with Crippen LogP contribution in [-0.2, 0) is 22.4 Å². The first-order valence-corrected chi connectivity index (χ1v) is 13.9. The molecule has 37 heavy (non-hydrogen) atoms. The normalized spacial score (nSPS) is 24.5. The Kier molecular flexibility index (Phi) is 7.28. The van der Waals surface area contributed by atoms with Gasteiger partial charge in [-0.2, -0.15) is 0 Å². The second-order valence-corrected chi connectivity index (χ2v) is 12.5. The van der Waals surface area contributed by atoms with Gasteiger partial charge in [0.15, 0.2) is 0 Å². The van der Waals surface area contributed by atoms with Crippen molar-refractivity contribution in [3.05, 3.63) is 65.6 Å². The molecule has 0 radical (unpaired) electrons. The highest BCUT2D eigenvalue weighted by Gasteiger charge is 2.44. The third-order valence-electron chi connectivity index (χ3n) is 8.08. The van der Waals surface area contributed by atoms with Crippen LogP contribution < -0.4 is 0 Å². The molecule has 1 aliphatic heterocycles. The van der Waals surface area contributed by atoms with Crippen molar-refractivity contribution in [2.75, 3.05) is 6.61 Å². The molecule has 2 aliphatic carbocycles. The van der Waals surface area contributed by atoms with Gasteiger partial charge < -0.3 is 9.26 Å². The summed E-state index contributed by atoms with van der Waals surface area (Å²) >= 11 is 0. The summed E-state index contributed by atoms with van der Waals surface area (Å²) in [7, 11) is 0. The van der Waals surface area contributed by atoms with E-state index in [2.05, 4.69) is 32.5 Å². The average molecular weight is 505 g/mol. The lowest BCUT2D eigenvalue weighted by Gasteiger charge is -2.38. The van der Waals surface area contributed by atoms with Gasteiger partial charge in [-0.25, -0.2) is 9.69 Å². The second-order valence-electron chi connectivity index (χ2n) is 12.5. The van der Waals surface area contributed by atoms with Crippen molar-refractivity contribution in [1.82, 2.24) is 10.1 Å². The van der Waals surface area contributed by atoms with Gasteiger partial charge >= 0.3 is 6.09 Å². The quantitative estimate of drug-likeness (QED) is 0.333. The summed E-state index contributed by atoms with van der Waals surface area (Å²) in [4.78, 5) is 27.7. The molecule has 2 amide bonds. The maximum Gasteiger partial charge on any atom is 0.416 e. The predicted octanol–water partition coefficient (Wildman–Crippen LogP) is 6.81. The Hall–Kier alpha value is -2.89. The molecule has 1 aromatic carbocycles. The van der Waals surface area contributed by atoms with E-state index >= 15 is 0 Å². The smallest absolute Gasteiger partial charge is 0.416 e. The molecule has 0 spiro atoms. The number of allylic oxidation sites excluding steroid dienone is 1. The van der Waals surface area contributed by atoms with Gasteiger partial charge in [-0.3, -0.25) is 4.79 Å². The van der Waals surface area contributed by atoms with E-state index in [-0.39, 0.29) is 18.6 Å². The van der Waals surface area contributed by atoms with Crippen LogP contribution >= 0.6 is 0 Å². The lowest BCUT2D eigenvalue weighted by atomic mass is 9.67. The third kappa shape index (κ3) is 5.83. The lowest BCUT2D eigenvalue weighted by Crippen LogP contribution is -2.44. The van der Waals surface area contributed by atoms with Gasteiger partial charge in [-0.15, -0.1) is 6.58 Å². The van der Waals surface area contributed by atoms with Crippen LogP contribution in [0.5, 0.6) is 0 Å². The molecule has 2 aromatic rings. The van der Waals surface area contributed by atoms with Crippen LogP contribution in [0.1, 0.15) is 93.7 Å². The van der Waals surface area contributed by atoms with Crippen molar-refractivity contribution < 1.29 is 18.8 Å². The van der Waals surface area contributed by atoms with Crippen molar-refractivity contribution in [2.24, 2.45) is 17.3 Å². The lowest BCUT2D eigenvalue weighted by molar-refractivity contribution is -0.133. The molecule has 6 heteroatoms. The Morgan fingerprint density at radius 3 is 2.57 bits per heavy atom. The molecule has 3 aliphatic rings. The Morgan fingerprint density at radius 2 is 1.92 bits per heavy atom. The summed E-state index contributed by atoms with van der Waals surface area (Å²) in [5.74, 6) is 2.08. The highest BCUT2D eigenvalue weighted by Crippen LogP contribution is 2.52. The number of imide groups is 1. The van der Waals surface area contributed by atoms with Crippen molar-refractivity contribution in [2.45, 2.75) is 90.0 Å². The van der Waals surface area contributed by atoms with E-state index in [9.17, 15) is 9.59 Å². The number of carbonyl (C=O) groups excluding carboxylic acids is 2. The first-order chi connectivity index (χ1) is 17.7. The zero-order chi connectivity index (χ0) is 26.2. The van der Waals surface area contributed by atoms with E-state index in [0.717, 1.165) is 48.6 Å². The number of benzene rings is 1. The minimum atomic E-state index is -0.553. The molecule has 1 aromatic heterocycles. The van der Waals surface area contributed by atoms with E-state index in [1.165, 1.54) is 16.9 Å². The summed E-state index contributed by atoms with van der Waals surface area (Å²) in [5, 5.41) is 4.52. The number of carbonyl (C=O) groups is 2. The zero-order valence-corrected chi connectivity index (χ0v) is 22.4. The van der Waals surface area contributed by atoms with Gasteiger partial charge in [-0.05, 0) is 67.8 Å². The van der Waals surface area contributed by atoms with E-state index in [0.29, 0.717) is 36.5 Å². The number of cyclic esters (lactones) is 1. The monoisotopic (exact) mass is 504 g/mol. The Bertz CT molecular complexity index is 1120. The highest BCUT2D eigenvalue weighted by atomic mass is 16.6. The van der Waals surface area contributed by atoms with Crippen molar-refractivity contribution in [3.8, 4) is 0 Å². The number of ether oxygens (including phenoxy) is 1. The van der Waals surface area contributed by atoms with Gasteiger partial charge in [0.2, 0.25) is 5.91 Å². The molecular formula is C31H40N2O4. The van der Waals surface area contributed by atoms with Crippen molar-refractivity contribution >= 4 is 12.0 Å². The minimum Gasteiger partial charge on any atom is -0.447 e. The molecule has 2 atom stereocenters. The zero-order valence-electron chi connectivity index (χ0n) is 22.4. The highest BCUT2D eigenvalue weighted by molar-refractivity contribution is 5.95. The van der Waals surface area contributed by atoms with Crippen LogP contribution in [0.2, 0.25) is 0 Å². The molecular weight excluding hydrogens is 464 g/mol. The van der Waals surface area contributed by atoms with Crippen LogP contribution in [0.25, 0.3) is 0 Å². The van der Waals surface area contributed by atoms with Crippen molar-refractivity contribution in [3.63, 3.8) is 0 Å². The molecule has 1 saturated heterocycles. The molecule has 3 fully saturated rings. The third-order valence-corrected chi connectivity index (χ3v) is 8.08. The molecule has 2 saturated carbocycles. The van der Waals surface area contributed by atoms with E-state index in [1.54, 1.807) is 6.08 Å². The molecule has 6 nitrogen and oxygen atoms in total. The van der Waals surface area contributed by atoms with Crippen LogP contribution in [0, 0.1) is 17.3 Å². The summed E-state index contributed by atoms with van der Waals surface area (Å²) in [6, 6.07) is 9.61. The topological polar surface area (TPSA) is 72.6 Å². The number of nitrogens with zero attached hydrogens (tertiary/aromatic N) is 2. The molecule has 198 valence electrons. The Balaban J connectivity index is 1.31. The van der Waals surface area contributed by atoms with Gasteiger partial charge in [0.1, 0.15) is 12.4 Å². The van der Waals surface area contributed by atoms with Crippen molar-refractivity contribution in [1.29, 1.82) is 0 Å². The van der Waals surface area contributed by atoms with Crippen LogP contribution in [0.15, 0.2) is 47.5 Å². The number of hydrogen-bond acceptors (Lipinski definition) is 5. The fourth-order valence-corrected chi connectivity index (χ4v) is 6.25. The maximum absolute atomic E-state index is 13.8. The molecule has 0 N–H and O–H groups in total. The predicted molar refractivity (Wildman–Crippen MR) is 142 cm³/mol. The van der Waals surface area contributed by atoms with Crippen LogP contribution in [0.3, 0.4) is 0 Å². The maximum atomic E-state index is 13.8. The number of amides is 2. The molecule has 5 rings (SSSR count). The standard InChI is InChI=1S/C31H40N2O4/c1-5-9-23(29(34)33-25(19-36-30(33)35)16-20-10-7-6-8-11-20)17-26-27(22-12-13-22)28(37-32-26)24-14-21(15-24)18-31(2,3)4/h5-8,10-11,21-25H,1,9,12-19H2,2-4H3. The summed E-state index contributed by atoms with van der Waals surface area (Å²) in [5.41, 5.74) is 3.55. The SMILES string of the molecule is C=CCC(Cc1noc(C2CC(CC(C)(C)C)C2)c1C1CC1)C(=O)N1C(=O)OCC1Cc1ccccc1. The van der Waals surface area contributed by atoms with E-state index in [4.69, 9.17) is 9.26 Å². The van der Waals surface area contributed by atoms with Gasteiger partial charge in [0.25, 0.3) is 0 Å². The Labute approximate surface area is 220 Å². The average Bonchev–Trinajstić information content (AvgIpc) is 3.49. The van der Waals surface area contributed by atoms with E-state index in [1.807, 2.05) is 30.3 Å². The number of rotatable bonds is 10. The molecule has 2 unspecified atom stereocenters. The second kappa shape index (κ2) is 10.5. The molecule has 0 bridgehead atoms. The Morgan fingerprint density at radius 1 is 1.19 bits per heavy atom. The van der Waals surface area contributed by atoms with Crippen LogP contribution in [-0.4, -0.2) is 34.7 Å². The molecule has 2 heterocycles. The first-order valence-electron chi connectivity index (χ1n) is 13.9. The van der Waals surface area contributed by atoms with Gasteiger partial charge in [-0.1, -0.05) is 62.3 Å². The first kappa shape index (κ1) is 25.7. The minimum absolute atomic E-state index is 0.205. The van der Waals surface area contributed by atoms with Crippen LogP contribution in [0.4, 0.5) is 4.79 Å². The summed E-state index contributed by atoms with van der Waals surface area (Å²) in [6.07, 6.45) is 8.56. The number of aromatic nitrogens is 1. The van der Waals surface area contributed by atoms with Gasteiger partial charge in [0.05, 0.1) is 11.7 Å². The fourth-order valence-electron chi connectivity index (χ4n) is 6.25. The largest absolute Gasteiger partial charge is 0.447 e. The fraction of sp³-hybridized carbons (Fsp3) is 0.581.